The first-order valence-corrected chi connectivity index (χ1v) is 7.63. The number of anilines is 1. The van der Waals surface area contributed by atoms with Gasteiger partial charge in [0.05, 0.1) is 11.7 Å². The molecule has 0 unspecified atom stereocenters. The molecule has 5 nitrogen and oxygen atoms in total. The molecule has 1 aliphatic heterocycles. The van der Waals surface area contributed by atoms with E-state index in [1.807, 2.05) is 19.9 Å². The Morgan fingerprint density at radius 3 is 3.05 bits per heavy atom. The number of rotatable bonds is 5. The van der Waals surface area contributed by atoms with Gasteiger partial charge >= 0.3 is 0 Å². The van der Waals surface area contributed by atoms with Crippen LogP contribution in [0.2, 0.25) is 0 Å². The number of aromatic nitrogens is 1. The number of nitrogens with one attached hydrogen (secondary N) is 1. The van der Waals surface area contributed by atoms with Crippen LogP contribution in [0, 0.1) is 25.2 Å². The van der Waals surface area contributed by atoms with Crippen LogP contribution in [0.3, 0.4) is 0 Å². The summed E-state index contributed by atoms with van der Waals surface area (Å²) in [4.78, 5) is 6.75. The topological polar surface area (TPSA) is 72.2 Å². The summed E-state index contributed by atoms with van der Waals surface area (Å²) >= 11 is 0. The van der Waals surface area contributed by atoms with Gasteiger partial charge in [-0.25, -0.2) is 4.98 Å². The molecule has 0 spiro atoms. The number of nitriles is 1. The molecule has 2 N–H and O–H groups in total. The highest BCUT2D eigenvalue weighted by Gasteiger charge is 2.16. The summed E-state index contributed by atoms with van der Waals surface area (Å²) in [6.07, 6.45) is 2.81. The van der Waals surface area contributed by atoms with Crippen molar-refractivity contribution in [2.45, 2.75) is 39.2 Å². The molecule has 1 saturated heterocycles. The Hall–Kier alpha value is -1.64. The lowest BCUT2D eigenvalue weighted by molar-refractivity contribution is 0.0706. The predicted molar refractivity (Wildman–Crippen MR) is 83.2 cm³/mol. The van der Waals surface area contributed by atoms with E-state index in [4.69, 9.17) is 5.26 Å². The fraction of sp³-hybridized carbons (Fsp3) is 0.625. The molecule has 0 amide bonds. The first-order chi connectivity index (χ1) is 10.1. The summed E-state index contributed by atoms with van der Waals surface area (Å²) in [6.45, 7) is 7.53. The number of aryl methyl sites for hydroxylation is 2. The van der Waals surface area contributed by atoms with Crippen molar-refractivity contribution in [1.29, 1.82) is 5.26 Å². The molecule has 0 radical (unpaired) electrons. The van der Waals surface area contributed by atoms with E-state index in [2.05, 4.69) is 21.3 Å². The Bertz CT molecular complexity index is 524. The van der Waals surface area contributed by atoms with Crippen molar-refractivity contribution in [3.05, 3.63) is 22.9 Å². The number of β-amino-alcohol motifs (C(OH)–C–C–N with tert-alkyl or cyclic N) is 1. The molecule has 2 rings (SSSR count). The van der Waals surface area contributed by atoms with Crippen LogP contribution in [0.4, 0.5) is 5.82 Å². The van der Waals surface area contributed by atoms with Crippen LogP contribution in [-0.2, 0) is 0 Å². The van der Waals surface area contributed by atoms with Gasteiger partial charge in [-0.05, 0) is 57.8 Å². The van der Waals surface area contributed by atoms with E-state index in [1.54, 1.807) is 0 Å². The molecule has 2 heterocycles. The fourth-order valence-corrected chi connectivity index (χ4v) is 2.67. The van der Waals surface area contributed by atoms with Crippen molar-refractivity contribution in [3.63, 3.8) is 0 Å². The molecule has 0 aromatic carbocycles. The minimum absolute atomic E-state index is 0.168. The lowest BCUT2D eigenvalue weighted by Crippen LogP contribution is -2.39. The van der Waals surface area contributed by atoms with Crippen LogP contribution in [0.15, 0.2) is 6.07 Å². The highest BCUT2D eigenvalue weighted by molar-refractivity contribution is 5.53. The minimum Gasteiger partial charge on any atom is -0.392 e. The Kier molecular flexibility index (Phi) is 5.54. The second kappa shape index (κ2) is 7.39. The molecule has 1 atom stereocenters. The highest BCUT2D eigenvalue weighted by atomic mass is 16.3. The first-order valence-electron chi connectivity index (χ1n) is 7.63. The maximum Gasteiger partial charge on any atom is 0.144 e. The van der Waals surface area contributed by atoms with Crippen LogP contribution in [0.5, 0.6) is 0 Å². The Balaban J connectivity index is 1.81. The van der Waals surface area contributed by atoms with E-state index in [0.717, 1.165) is 56.7 Å². The summed E-state index contributed by atoms with van der Waals surface area (Å²) in [5, 5.41) is 22.1. The van der Waals surface area contributed by atoms with Crippen molar-refractivity contribution < 1.29 is 5.11 Å². The molecule has 0 bridgehead atoms. The van der Waals surface area contributed by atoms with E-state index in [1.165, 1.54) is 0 Å². The molecule has 1 aliphatic rings. The third kappa shape index (κ3) is 4.42. The predicted octanol–water partition coefficient (Wildman–Crippen LogP) is 1.83. The Labute approximate surface area is 126 Å². The SMILES string of the molecule is Cc1cc(C#N)c(NCCCN2CCC[C@H](O)C2)nc1C. The zero-order valence-electron chi connectivity index (χ0n) is 12.9. The number of pyridine rings is 1. The normalized spacial score (nSPS) is 19.2. The lowest BCUT2D eigenvalue weighted by atomic mass is 10.1. The quantitative estimate of drug-likeness (QED) is 0.809. The number of hydrogen-bond acceptors (Lipinski definition) is 5. The molecule has 5 heteroatoms. The number of hydrogen-bond donors (Lipinski definition) is 2. The summed E-state index contributed by atoms with van der Waals surface area (Å²) in [5.41, 5.74) is 2.60. The molecule has 21 heavy (non-hydrogen) atoms. The standard InChI is InChI=1S/C16H24N4O/c1-12-9-14(10-17)16(19-13(12)2)18-6-4-8-20-7-3-5-15(21)11-20/h9,15,21H,3-8,11H2,1-2H3,(H,18,19)/t15-/m0/s1. The third-order valence-corrected chi connectivity index (χ3v) is 4.01. The molecule has 114 valence electrons. The second-order valence-electron chi connectivity index (χ2n) is 5.78. The van der Waals surface area contributed by atoms with Crippen molar-refractivity contribution in [3.8, 4) is 6.07 Å². The van der Waals surface area contributed by atoms with Crippen molar-refractivity contribution in [1.82, 2.24) is 9.88 Å². The third-order valence-electron chi connectivity index (χ3n) is 4.01. The van der Waals surface area contributed by atoms with Crippen molar-refractivity contribution in [2.24, 2.45) is 0 Å². The van der Waals surface area contributed by atoms with E-state index < -0.39 is 0 Å². The summed E-state index contributed by atoms with van der Waals surface area (Å²) in [7, 11) is 0. The summed E-state index contributed by atoms with van der Waals surface area (Å²) in [5.74, 6) is 0.680. The van der Waals surface area contributed by atoms with Gasteiger partial charge in [-0.3, -0.25) is 0 Å². The molecular weight excluding hydrogens is 264 g/mol. The number of piperidine rings is 1. The van der Waals surface area contributed by atoms with Gasteiger partial charge in [0.25, 0.3) is 0 Å². The van der Waals surface area contributed by atoms with Gasteiger partial charge in [-0.15, -0.1) is 0 Å². The summed E-state index contributed by atoms with van der Waals surface area (Å²) < 4.78 is 0. The largest absolute Gasteiger partial charge is 0.392 e. The molecule has 0 aliphatic carbocycles. The molecule has 1 aromatic heterocycles. The van der Waals surface area contributed by atoms with Gasteiger partial charge in [-0.1, -0.05) is 0 Å². The van der Waals surface area contributed by atoms with E-state index >= 15 is 0 Å². The average Bonchev–Trinajstić information content (AvgIpc) is 2.47. The maximum atomic E-state index is 9.64. The maximum absolute atomic E-state index is 9.64. The van der Waals surface area contributed by atoms with E-state index in [0.29, 0.717) is 11.4 Å². The smallest absolute Gasteiger partial charge is 0.144 e. The van der Waals surface area contributed by atoms with Crippen LogP contribution < -0.4 is 5.32 Å². The van der Waals surface area contributed by atoms with Crippen LogP contribution in [-0.4, -0.2) is 47.3 Å². The van der Waals surface area contributed by atoms with Gasteiger partial charge in [0.1, 0.15) is 11.9 Å². The average molecular weight is 288 g/mol. The second-order valence-corrected chi connectivity index (χ2v) is 5.78. The van der Waals surface area contributed by atoms with Crippen LogP contribution in [0.25, 0.3) is 0 Å². The van der Waals surface area contributed by atoms with Crippen LogP contribution >= 0.6 is 0 Å². The Morgan fingerprint density at radius 2 is 2.33 bits per heavy atom. The number of likely N-dealkylation sites (tertiary alicyclic amines) is 1. The monoisotopic (exact) mass is 288 g/mol. The van der Waals surface area contributed by atoms with Crippen molar-refractivity contribution >= 4 is 5.82 Å². The van der Waals surface area contributed by atoms with E-state index in [9.17, 15) is 5.11 Å². The zero-order chi connectivity index (χ0) is 15.2. The number of aliphatic hydroxyl groups is 1. The zero-order valence-corrected chi connectivity index (χ0v) is 12.9. The first kappa shape index (κ1) is 15.7. The summed E-state index contributed by atoms with van der Waals surface area (Å²) in [6, 6.07) is 4.07. The fourth-order valence-electron chi connectivity index (χ4n) is 2.67. The van der Waals surface area contributed by atoms with Gasteiger partial charge < -0.3 is 15.3 Å². The number of aliphatic hydroxyl groups excluding tert-OH is 1. The molecule has 1 aromatic rings. The van der Waals surface area contributed by atoms with Gasteiger partial charge in [0.2, 0.25) is 0 Å². The molecule has 0 saturated carbocycles. The highest BCUT2D eigenvalue weighted by Crippen LogP contribution is 2.16. The molecule has 1 fully saturated rings. The van der Waals surface area contributed by atoms with Gasteiger partial charge in [0.15, 0.2) is 0 Å². The van der Waals surface area contributed by atoms with Crippen LogP contribution in [0.1, 0.15) is 36.1 Å². The van der Waals surface area contributed by atoms with Gasteiger partial charge in [0, 0.05) is 18.8 Å². The van der Waals surface area contributed by atoms with Crippen molar-refractivity contribution in [2.75, 3.05) is 31.5 Å². The Morgan fingerprint density at radius 1 is 1.52 bits per heavy atom. The molecular formula is C16H24N4O. The van der Waals surface area contributed by atoms with Gasteiger partial charge in [-0.2, -0.15) is 5.26 Å². The lowest BCUT2D eigenvalue weighted by Gasteiger charge is -2.29. The minimum atomic E-state index is -0.168. The number of nitrogens with zero attached hydrogens (tertiary/aromatic N) is 3. The van der Waals surface area contributed by atoms with E-state index in [-0.39, 0.29) is 6.10 Å².